The second kappa shape index (κ2) is 7.54. The summed E-state index contributed by atoms with van der Waals surface area (Å²) in [5.74, 6) is 0.0531. The minimum Gasteiger partial charge on any atom is -0.351 e. The second-order valence-electron chi connectivity index (χ2n) is 5.54. The molecule has 2 aromatic heterocycles. The predicted octanol–water partition coefficient (Wildman–Crippen LogP) is 2.92. The van der Waals surface area contributed by atoms with Crippen molar-refractivity contribution >= 4 is 17.2 Å². The maximum absolute atomic E-state index is 12.0. The van der Waals surface area contributed by atoms with Gasteiger partial charge in [-0.2, -0.15) is 5.10 Å². The molecular formula is C16H24N4OS. The number of amides is 1. The smallest absolute Gasteiger partial charge is 0.222 e. The molecule has 0 aromatic carbocycles. The Morgan fingerprint density at radius 2 is 2.14 bits per heavy atom. The van der Waals surface area contributed by atoms with Gasteiger partial charge in [-0.05, 0) is 39.7 Å². The number of nitrogens with zero attached hydrogens (tertiary/aromatic N) is 3. The zero-order valence-corrected chi connectivity index (χ0v) is 14.6. The van der Waals surface area contributed by atoms with E-state index in [1.54, 1.807) is 11.3 Å². The number of nitrogens with one attached hydrogen (secondary N) is 1. The summed E-state index contributed by atoms with van der Waals surface area (Å²) in [7, 11) is 0. The van der Waals surface area contributed by atoms with Gasteiger partial charge >= 0.3 is 0 Å². The van der Waals surface area contributed by atoms with Crippen LogP contribution in [-0.4, -0.2) is 20.7 Å². The predicted molar refractivity (Wildman–Crippen MR) is 89.0 cm³/mol. The molecule has 1 N–H and O–H groups in total. The second-order valence-corrected chi connectivity index (χ2v) is 6.71. The van der Waals surface area contributed by atoms with Crippen LogP contribution in [0.3, 0.4) is 0 Å². The molecule has 2 heterocycles. The standard InChI is InChI=1S/C16H24N4OS/c1-5-6-16-18-13(4)14(22-16)10-17-15(21)7-8-20-12(3)9-11(2)19-20/h9H,5-8,10H2,1-4H3,(H,17,21). The fourth-order valence-corrected chi connectivity index (χ4v) is 3.46. The first-order chi connectivity index (χ1) is 10.5. The minimum absolute atomic E-state index is 0.0531. The molecule has 0 spiro atoms. The Morgan fingerprint density at radius 3 is 2.77 bits per heavy atom. The van der Waals surface area contributed by atoms with E-state index in [2.05, 4.69) is 22.3 Å². The van der Waals surface area contributed by atoms with Crippen LogP contribution in [0, 0.1) is 20.8 Å². The maximum Gasteiger partial charge on any atom is 0.222 e. The third-order valence-corrected chi connectivity index (χ3v) is 4.72. The van der Waals surface area contributed by atoms with E-state index >= 15 is 0 Å². The zero-order valence-electron chi connectivity index (χ0n) is 13.8. The Morgan fingerprint density at radius 1 is 1.36 bits per heavy atom. The highest BCUT2D eigenvalue weighted by Gasteiger charge is 2.09. The Bertz CT molecular complexity index is 645. The van der Waals surface area contributed by atoms with E-state index in [9.17, 15) is 4.79 Å². The van der Waals surface area contributed by atoms with Gasteiger partial charge in [0.1, 0.15) is 0 Å². The van der Waals surface area contributed by atoms with E-state index in [4.69, 9.17) is 0 Å². The molecule has 0 aliphatic heterocycles. The van der Waals surface area contributed by atoms with Gasteiger partial charge in [0.05, 0.1) is 22.9 Å². The monoisotopic (exact) mass is 320 g/mol. The highest BCUT2D eigenvalue weighted by Crippen LogP contribution is 2.19. The van der Waals surface area contributed by atoms with Gasteiger partial charge in [-0.1, -0.05) is 6.92 Å². The molecule has 0 aliphatic rings. The lowest BCUT2D eigenvalue weighted by Gasteiger charge is -2.06. The number of carbonyl (C=O) groups is 1. The largest absolute Gasteiger partial charge is 0.351 e. The number of hydrogen-bond donors (Lipinski definition) is 1. The van der Waals surface area contributed by atoms with Crippen LogP contribution in [0.15, 0.2) is 6.07 Å². The van der Waals surface area contributed by atoms with Crippen LogP contribution in [0.5, 0.6) is 0 Å². The summed E-state index contributed by atoms with van der Waals surface area (Å²) in [6.45, 7) is 9.32. The van der Waals surface area contributed by atoms with Gasteiger partial charge in [0.15, 0.2) is 0 Å². The fraction of sp³-hybridized carbons (Fsp3) is 0.562. The molecule has 1 amide bonds. The van der Waals surface area contributed by atoms with Crippen LogP contribution in [0.25, 0.3) is 0 Å². The first-order valence-electron chi connectivity index (χ1n) is 7.72. The Labute approximate surface area is 135 Å². The zero-order chi connectivity index (χ0) is 16.1. The Hall–Kier alpha value is -1.69. The number of hydrogen-bond acceptors (Lipinski definition) is 4. The minimum atomic E-state index is 0.0531. The molecule has 0 aliphatic carbocycles. The van der Waals surface area contributed by atoms with Crippen molar-refractivity contribution in [3.8, 4) is 0 Å². The first-order valence-corrected chi connectivity index (χ1v) is 8.54. The number of aryl methyl sites for hydroxylation is 5. The first kappa shape index (κ1) is 16.7. The van der Waals surface area contributed by atoms with E-state index in [-0.39, 0.29) is 5.91 Å². The lowest BCUT2D eigenvalue weighted by atomic mass is 10.3. The van der Waals surface area contributed by atoms with Gasteiger partial charge in [-0.15, -0.1) is 11.3 Å². The van der Waals surface area contributed by atoms with Gasteiger partial charge in [-0.25, -0.2) is 4.98 Å². The molecule has 0 bridgehead atoms. The van der Waals surface area contributed by atoms with Crippen molar-refractivity contribution in [3.05, 3.63) is 33.0 Å². The van der Waals surface area contributed by atoms with Gasteiger partial charge in [-0.3, -0.25) is 9.48 Å². The van der Waals surface area contributed by atoms with E-state index in [1.807, 2.05) is 31.5 Å². The molecular weight excluding hydrogens is 296 g/mol. The van der Waals surface area contributed by atoms with E-state index in [0.717, 1.165) is 39.8 Å². The Kier molecular flexibility index (Phi) is 5.71. The van der Waals surface area contributed by atoms with Crippen molar-refractivity contribution in [3.63, 3.8) is 0 Å². The molecule has 0 atom stereocenters. The van der Waals surface area contributed by atoms with E-state index in [0.29, 0.717) is 19.5 Å². The summed E-state index contributed by atoms with van der Waals surface area (Å²) in [5.41, 5.74) is 3.11. The van der Waals surface area contributed by atoms with Gasteiger partial charge in [0.2, 0.25) is 5.91 Å². The van der Waals surface area contributed by atoms with E-state index < -0.39 is 0 Å². The average Bonchev–Trinajstić information content (AvgIpc) is 2.97. The molecule has 2 aromatic rings. The molecule has 0 unspecified atom stereocenters. The lowest BCUT2D eigenvalue weighted by molar-refractivity contribution is -0.121. The summed E-state index contributed by atoms with van der Waals surface area (Å²) in [5, 5.41) is 8.51. The quantitative estimate of drug-likeness (QED) is 0.853. The van der Waals surface area contributed by atoms with Crippen LogP contribution >= 0.6 is 11.3 Å². The van der Waals surface area contributed by atoms with Crippen LogP contribution in [0.2, 0.25) is 0 Å². The van der Waals surface area contributed by atoms with Gasteiger partial charge in [0, 0.05) is 23.5 Å². The molecule has 5 nitrogen and oxygen atoms in total. The van der Waals surface area contributed by atoms with Crippen molar-refractivity contribution in [2.75, 3.05) is 0 Å². The summed E-state index contributed by atoms with van der Waals surface area (Å²) >= 11 is 1.70. The molecule has 120 valence electrons. The molecule has 0 fully saturated rings. The topological polar surface area (TPSA) is 59.8 Å². The highest BCUT2D eigenvalue weighted by atomic mass is 32.1. The Balaban J connectivity index is 1.81. The van der Waals surface area contributed by atoms with Crippen molar-refractivity contribution in [2.24, 2.45) is 0 Å². The summed E-state index contributed by atoms with van der Waals surface area (Å²) in [6, 6.07) is 2.02. The summed E-state index contributed by atoms with van der Waals surface area (Å²) in [6.07, 6.45) is 2.56. The van der Waals surface area contributed by atoms with E-state index in [1.165, 1.54) is 0 Å². The number of rotatable bonds is 7. The normalized spacial score (nSPS) is 10.9. The SMILES string of the molecule is CCCc1nc(C)c(CNC(=O)CCn2nc(C)cc2C)s1. The molecule has 2 rings (SSSR count). The van der Waals surface area contributed by atoms with Crippen molar-refractivity contribution in [2.45, 2.75) is 60.0 Å². The fourth-order valence-electron chi connectivity index (χ4n) is 2.35. The average molecular weight is 320 g/mol. The maximum atomic E-state index is 12.0. The third-order valence-electron chi connectivity index (χ3n) is 3.50. The number of carbonyl (C=O) groups excluding carboxylic acids is 1. The number of aromatic nitrogens is 3. The van der Waals surface area contributed by atoms with Crippen LogP contribution in [-0.2, 0) is 24.3 Å². The van der Waals surface area contributed by atoms with Crippen LogP contribution in [0.1, 0.15) is 46.7 Å². The van der Waals surface area contributed by atoms with Crippen molar-refractivity contribution in [1.82, 2.24) is 20.1 Å². The lowest BCUT2D eigenvalue weighted by Crippen LogP contribution is -2.24. The molecule has 0 saturated carbocycles. The molecule has 6 heteroatoms. The van der Waals surface area contributed by atoms with Crippen LogP contribution < -0.4 is 5.32 Å². The molecule has 0 saturated heterocycles. The molecule has 0 radical (unpaired) electrons. The summed E-state index contributed by atoms with van der Waals surface area (Å²) < 4.78 is 1.88. The number of thiazole rings is 1. The summed E-state index contributed by atoms with van der Waals surface area (Å²) in [4.78, 5) is 17.7. The van der Waals surface area contributed by atoms with Gasteiger partial charge in [0.25, 0.3) is 0 Å². The van der Waals surface area contributed by atoms with Crippen molar-refractivity contribution < 1.29 is 4.79 Å². The highest BCUT2D eigenvalue weighted by molar-refractivity contribution is 7.11. The van der Waals surface area contributed by atoms with Crippen LogP contribution in [0.4, 0.5) is 0 Å². The third kappa shape index (κ3) is 4.40. The van der Waals surface area contributed by atoms with Gasteiger partial charge < -0.3 is 5.32 Å². The van der Waals surface area contributed by atoms with Crippen molar-refractivity contribution in [1.29, 1.82) is 0 Å². The molecule has 22 heavy (non-hydrogen) atoms.